The second kappa shape index (κ2) is 11.1. The Hall–Kier alpha value is -3.97. The second-order valence-corrected chi connectivity index (χ2v) is 7.31. The largest absolute Gasteiger partial charge is 0.506 e. The van der Waals surface area contributed by atoms with E-state index in [-0.39, 0.29) is 17.0 Å². The van der Waals surface area contributed by atoms with Gasteiger partial charge in [0, 0.05) is 11.1 Å². The molecule has 0 aromatic heterocycles. The third-order valence-electron chi connectivity index (χ3n) is 4.60. The number of phenolic OH excluding ortho intramolecular Hbond substituents is 1. The van der Waals surface area contributed by atoms with Crippen LogP contribution in [0.15, 0.2) is 66.7 Å². The Morgan fingerprint density at radius 3 is 2.42 bits per heavy atom. The highest BCUT2D eigenvalue weighted by Crippen LogP contribution is 2.30. The van der Waals surface area contributed by atoms with Crippen LogP contribution in [-0.4, -0.2) is 31.2 Å². The van der Waals surface area contributed by atoms with Gasteiger partial charge in [0.2, 0.25) is 5.91 Å². The number of methoxy groups -OCH3 is 2. The molecule has 3 rings (SSSR count). The maximum atomic E-state index is 12.3. The molecule has 33 heavy (non-hydrogen) atoms. The Morgan fingerprint density at radius 1 is 1.00 bits per heavy atom. The number of carbonyl (C=O) groups is 2. The number of halogens is 1. The van der Waals surface area contributed by atoms with Crippen molar-refractivity contribution in [1.29, 1.82) is 0 Å². The van der Waals surface area contributed by atoms with Crippen molar-refractivity contribution in [2.24, 2.45) is 0 Å². The molecule has 170 valence electrons. The lowest BCUT2D eigenvalue weighted by Crippen LogP contribution is -2.08. The maximum absolute atomic E-state index is 12.3. The van der Waals surface area contributed by atoms with Gasteiger partial charge in [-0.1, -0.05) is 29.8 Å². The molecule has 8 heteroatoms. The molecule has 0 saturated carbocycles. The first-order valence-electron chi connectivity index (χ1n) is 9.85. The molecular weight excluding hydrogens is 446 g/mol. The van der Waals surface area contributed by atoms with Crippen LogP contribution in [0, 0.1) is 0 Å². The average molecular weight is 468 g/mol. The topological polar surface area (TPSA) is 94.1 Å². The van der Waals surface area contributed by atoms with Gasteiger partial charge in [0.1, 0.15) is 12.4 Å². The molecule has 7 nitrogen and oxygen atoms in total. The average Bonchev–Trinajstić information content (AvgIpc) is 2.83. The van der Waals surface area contributed by atoms with Crippen molar-refractivity contribution in [3.8, 4) is 17.2 Å². The number of hydrogen-bond donors (Lipinski definition) is 2. The number of rotatable bonds is 8. The van der Waals surface area contributed by atoms with E-state index in [0.717, 1.165) is 5.56 Å². The van der Waals surface area contributed by atoms with E-state index >= 15 is 0 Å². The Morgan fingerprint density at radius 2 is 1.76 bits per heavy atom. The van der Waals surface area contributed by atoms with Crippen LogP contribution in [0.5, 0.6) is 17.2 Å². The zero-order valence-electron chi connectivity index (χ0n) is 18.0. The van der Waals surface area contributed by atoms with Gasteiger partial charge in [-0.25, -0.2) is 4.79 Å². The fourth-order valence-electron chi connectivity index (χ4n) is 2.88. The number of phenols is 1. The fraction of sp³-hybridized carbons (Fsp3) is 0.120. The second-order valence-electron chi connectivity index (χ2n) is 6.87. The van der Waals surface area contributed by atoms with Gasteiger partial charge in [0.15, 0.2) is 11.5 Å². The summed E-state index contributed by atoms with van der Waals surface area (Å²) in [5.74, 6) is -0.216. The summed E-state index contributed by atoms with van der Waals surface area (Å²) in [6, 6.07) is 16.7. The normalized spacial score (nSPS) is 10.6. The Bertz CT molecular complexity index is 1170. The monoisotopic (exact) mass is 467 g/mol. The van der Waals surface area contributed by atoms with Crippen molar-refractivity contribution in [1.82, 2.24) is 0 Å². The van der Waals surface area contributed by atoms with Gasteiger partial charge in [0.05, 0.1) is 25.5 Å². The first kappa shape index (κ1) is 23.7. The van der Waals surface area contributed by atoms with E-state index in [1.54, 1.807) is 36.4 Å². The van der Waals surface area contributed by atoms with Crippen molar-refractivity contribution in [2.75, 3.05) is 19.5 Å². The quantitative estimate of drug-likeness (QED) is 0.273. The third-order valence-corrected chi connectivity index (χ3v) is 4.85. The molecule has 0 heterocycles. The Labute approximate surface area is 196 Å². The van der Waals surface area contributed by atoms with Crippen LogP contribution in [0.4, 0.5) is 5.69 Å². The SMILES string of the molecule is COC(=O)c1ccc(NC(=O)/C=C/c2ccc(OCc3ccc(Cl)cc3)c(OC)c2)c(O)c1. The van der Waals surface area contributed by atoms with Gasteiger partial charge >= 0.3 is 5.97 Å². The van der Waals surface area contributed by atoms with Crippen molar-refractivity contribution in [3.63, 3.8) is 0 Å². The molecule has 0 radical (unpaired) electrons. The van der Waals surface area contributed by atoms with Gasteiger partial charge in [0.25, 0.3) is 0 Å². The van der Waals surface area contributed by atoms with Crippen molar-refractivity contribution >= 4 is 35.2 Å². The summed E-state index contributed by atoms with van der Waals surface area (Å²) < 4.78 is 15.8. The zero-order valence-corrected chi connectivity index (χ0v) is 18.8. The summed E-state index contributed by atoms with van der Waals surface area (Å²) in [6.45, 7) is 0.351. The van der Waals surface area contributed by atoms with Crippen LogP contribution in [0.3, 0.4) is 0 Å². The molecule has 1 amide bonds. The minimum absolute atomic E-state index is 0.167. The smallest absolute Gasteiger partial charge is 0.337 e. The summed E-state index contributed by atoms with van der Waals surface area (Å²) in [6.07, 6.45) is 2.91. The predicted octanol–water partition coefficient (Wildman–Crippen LogP) is 5.07. The van der Waals surface area contributed by atoms with Crippen LogP contribution >= 0.6 is 11.6 Å². The lowest BCUT2D eigenvalue weighted by Gasteiger charge is -2.11. The Kier molecular flexibility index (Phi) is 7.94. The summed E-state index contributed by atoms with van der Waals surface area (Å²) in [5, 5.41) is 13.2. The highest BCUT2D eigenvalue weighted by Gasteiger charge is 2.11. The minimum Gasteiger partial charge on any atom is -0.506 e. The molecule has 0 aliphatic rings. The van der Waals surface area contributed by atoms with Crippen LogP contribution in [-0.2, 0) is 16.1 Å². The number of carbonyl (C=O) groups excluding carboxylic acids is 2. The molecule has 0 saturated heterocycles. The van der Waals surface area contributed by atoms with E-state index in [0.29, 0.717) is 28.7 Å². The van der Waals surface area contributed by atoms with Crippen LogP contribution in [0.2, 0.25) is 5.02 Å². The van der Waals surface area contributed by atoms with Gasteiger partial charge in [-0.05, 0) is 59.7 Å². The summed E-state index contributed by atoms with van der Waals surface area (Å²) in [7, 11) is 2.78. The number of aromatic hydroxyl groups is 1. The number of amides is 1. The van der Waals surface area contributed by atoms with E-state index in [9.17, 15) is 14.7 Å². The zero-order chi connectivity index (χ0) is 23.8. The van der Waals surface area contributed by atoms with E-state index in [2.05, 4.69) is 10.1 Å². The molecule has 0 aliphatic heterocycles. The first-order chi connectivity index (χ1) is 15.9. The summed E-state index contributed by atoms with van der Waals surface area (Å²) in [5.41, 5.74) is 2.02. The van der Waals surface area contributed by atoms with E-state index in [1.165, 1.54) is 38.5 Å². The minimum atomic E-state index is -0.586. The van der Waals surface area contributed by atoms with Crippen LogP contribution < -0.4 is 14.8 Å². The number of anilines is 1. The molecule has 3 aromatic carbocycles. The lowest BCUT2D eigenvalue weighted by molar-refractivity contribution is -0.111. The van der Waals surface area contributed by atoms with E-state index < -0.39 is 11.9 Å². The molecule has 0 unspecified atom stereocenters. The van der Waals surface area contributed by atoms with Gasteiger partial charge in [-0.3, -0.25) is 4.79 Å². The molecule has 0 atom stereocenters. The first-order valence-corrected chi connectivity index (χ1v) is 10.2. The summed E-state index contributed by atoms with van der Waals surface area (Å²) >= 11 is 5.90. The van der Waals surface area contributed by atoms with Crippen LogP contribution in [0.1, 0.15) is 21.5 Å². The predicted molar refractivity (Wildman–Crippen MR) is 126 cm³/mol. The number of ether oxygens (including phenoxy) is 3. The van der Waals surface area contributed by atoms with Gasteiger partial charge < -0.3 is 24.6 Å². The molecule has 3 aromatic rings. The van der Waals surface area contributed by atoms with Crippen molar-refractivity contribution in [2.45, 2.75) is 6.61 Å². The fourth-order valence-corrected chi connectivity index (χ4v) is 3.00. The number of hydrogen-bond acceptors (Lipinski definition) is 6. The van der Waals surface area contributed by atoms with E-state index in [4.69, 9.17) is 21.1 Å². The number of esters is 1. The van der Waals surface area contributed by atoms with Crippen LogP contribution in [0.25, 0.3) is 6.08 Å². The standard InChI is InChI=1S/C25H22ClNO6/c1-31-23-13-16(5-11-22(23)33-15-17-3-8-19(26)9-4-17)6-12-24(29)27-20-10-7-18(14-21(20)28)25(30)32-2/h3-14,28H,15H2,1-2H3,(H,27,29)/b12-6+. The van der Waals surface area contributed by atoms with Crippen molar-refractivity contribution in [3.05, 3.63) is 88.5 Å². The van der Waals surface area contributed by atoms with E-state index in [1.807, 2.05) is 12.1 Å². The highest BCUT2D eigenvalue weighted by atomic mass is 35.5. The van der Waals surface area contributed by atoms with Gasteiger partial charge in [-0.2, -0.15) is 0 Å². The maximum Gasteiger partial charge on any atom is 0.337 e. The lowest BCUT2D eigenvalue weighted by atomic mass is 10.1. The molecule has 0 bridgehead atoms. The Balaban J connectivity index is 1.63. The van der Waals surface area contributed by atoms with Gasteiger partial charge in [-0.15, -0.1) is 0 Å². The number of benzene rings is 3. The summed E-state index contributed by atoms with van der Waals surface area (Å²) in [4.78, 5) is 23.8. The van der Waals surface area contributed by atoms with Crippen molar-refractivity contribution < 1.29 is 28.9 Å². The molecule has 0 aliphatic carbocycles. The molecule has 0 fully saturated rings. The molecule has 0 spiro atoms. The molecular formula is C25H22ClNO6. The third kappa shape index (κ3) is 6.51. The number of nitrogens with one attached hydrogen (secondary N) is 1. The molecule has 2 N–H and O–H groups in total. The highest BCUT2D eigenvalue weighted by molar-refractivity contribution is 6.30.